The van der Waals surface area contributed by atoms with Crippen LogP contribution in [0.3, 0.4) is 0 Å². The average molecular weight is 334 g/mol. The van der Waals surface area contributed by atoms with Crippen LogP contribution in [0.25, 0.3) is 0 Å². The number of nitriles is 1. The number of halogens is 1. The maximum absolute atomic E-state index is 14.2. The smallest absolute Gasteiger partial charge is 0.166 e. The van der Waals surface area contributed by atoms with E-state index in [9.17, 15) is 4.39 Å². The molecule has 2 aromatic heterocycles. The van der Waals surface area contributed by atoms with Crippen LogP contribution in [0, 0.1) is 24.1 Å². The highest BCUT2D eigenvalue weighted by atomic mass is 19.1. The molecule has 0 spiro atoms. The molecule has 1 aromatic carbocycles. The molecule has 0 unspecified atom stereocenters. The third-order valence-electron chi connectivity index (χ3n) is 3.54. The topological polar surface area (TPSA) is 70.8 Å². The van der Waals surface area contributed by atoms with Gasteiger partial charge in [0.25, 0.3) is 0 Å². The molecule has 3 aromatic rings. The second-order valence-corrected chi connectivity index (χ2v) is 5.38. The largest absolute Gasteiger partial charge is 0.453 e. The van der Waals surface area contributed by atoms with Crippen LogP contribution in [0.1, 0.15) is 16.8 Å². The van der Waals surface area contributed by atoms with Crippen LogP contribution in [0.4, 0.5) is 10.2 Å². The maximum atomic E-state index is 14.2. The van der Waals surface area contributed by atoms with Crippen molar-refractivity contribution in [1.82, 2.24) is 9.97 Å². The van der Waals surface area contributed by atoms with Crippen LogP contribution in [-0.2, 0) is 6.54 Å². The van der Waals surface area contributed by atoms with E-state index in [1.54, 1.807) is 36.5 Å². The molecule has 1 N–H and O–H groups in total. The van der Waals surface area contributed by atoms with Crippen LogP contribution in [0.2, 0.25) is 0 Å². The van der Waals surface area contributed by atoms with Gasteiger partial charge in [-0.15, -0.1) is 0 Å². The fraction of sp³-hybridized carbons (Fsp3) is 0.105. The van der Waals surface area contributed by atoms with E-state index in [4.69, 9.17) is 10.00 Å². The molecule has 0 amide bonds. The molecule has 5 nitrogen and oxygen atoms in total. The SMILES string of the molecule is Cc1ccc(NCc2ccc(Oc3cccnc3)c(F)c2)nc1C#N. The van der Waals surface area contributed by atoms with Gasteiger partial charge in [-0.05, 0) is 48.4 Å². The maximum Gasteiger partial charge on any atom is 0.166 e. The first kappa shape index (κ1) is 16.4. The molecule has 0 fully saturated rings. The number of nitrogens with one attached hydrogen (secondary N) is 1. The first-order valence-corrected chi connectivity index (χ1v) is 7.63. The molecule has 0 radical (unpaired) electrons. The van der Waals surface area contributed by atoms with Crippen LogP contribution in [-0.4, -0.2) is 9.97 Å². The summed E-state index contributed by atoms with van der Waals surface area (Å²) < 4.78 is 19.7. The number of benzene rings is 1. The number of hydrogen-bond donors (Lipinski definition) is 1. The molecule has 0 saturated heterocycles. The van der Waals surface area contributed by atoms with E-state index in [1.165, 1.54) is 12.3 Å². The number of rotatable bonds is 5. The van der Waals surface area contributed by atoms with E-state index < -0.39 is 5.82 Å². The zero-order valence-electron chi connectivity index (χ0n) is 13.5. The number of ether oxygens (including phenoxy) is 1. The second kappa shape index (κ2) is 7.41. The first-order chi connectivity index (χ1) is 12.2. The second-order valence-electron chi connectivity index (χ2n) is 5.38. The van der Waals surface area contributed by atoms with Gasteiger partial charge in [-0.3, -0.25) is 4.98 Å². The summed E-state index contributed by atoms with van der Waals surface area (Å²) >= 11 is 0. The first-order valence-electron chi connectivity index (χ1n) is 7.63. The lowest BCUT2D eigenvalue weighted by Gasteiger charge is -2.10. The Bertz CT molecular complexity index is 922. The quantitative estimate of drug-likeness (QED) is 0.757. The highest BCUT2D eigenvalue weighted by molar-refractivity contribution is 5.43. The number of aryl methyl sites for hydroxylation is 1. The lowest BCUT2D eigenvalue weighted by Crippen LogP contribution is -2.03. The fourth-order valence-electron chi connectivity index (χ4n) is 2.20. The lowest BCUT2D eigenvalue weighted by molar-refractivity contribution is 0.440. The Morgan fingerprint density at radius 1 is 1.24 bits per heavy atom. The van der Waals surface area contributed by atoms with Gasteiger partial charge in [-0.25, -0.2) is 9.37 Å². The van der Waals surface area contributed by atoms with Crippen molar-refractivity contribution >= 4 is 5.82 Å². The van der Waals surface area contributed by atoms with E-state index in [0.717, 1.165) is 11.1 Å². The van der Waals surface area contributed by atoms with Crippen molar-refractivity contribution in [3.05, 3.63) is 77.5 Å². The zero-order valence-corrected chi connectivity index (χ0v) is 13.5. The number of anilines is 1. The molecule has 124 valence electrons. The number of aromatic nitrogens is 2. The molecular weight excluding hydrogens is 319 g/mol. The molecule has 0 atom stereocenters. The summed E-state index contributed by atoms with van der Waals surface area (Å²) in [4.78, 5) is 8.13. The van der Waals surface area contributed by atoms with E-state index in [-0.39, 0.29) is 5.75 Å². The standard InChI is InChI=1S/C19H15FN4O/c1-13-4-7-19(24-17(13)10-21)23-11-14-5-6-18(16(20)9-14)25-15-3-2-8-22-12-15/h2-9,12H,11H2,1H3,(H,23,24). The third kappa shape index (κ3) is 4.09. The summed E-state index contributed by atoms with van der Waals surface area (Å²) in [6.45, 7) is 2.21. The van der Waals surface area contributed by atoms with Crippen molar-refractivity contribution in [2.75, 3.05) is 5.32 Å². The summed E-state index contributed by atoms with van der Waals surface area (Å²) in [6, 6.07) is 13.8. The van der Waals surface area contributed by atoms with Crippen LogP contribution >= 0.6 is 0 Å². The molecule has 3 rings (SSSR count). The Hall–Kier alpha value is -3.46. The molecule has 0 aliphatic rings. The zero-order chi connectivity index (χ0) is 17.6. The van der Waals surface area contributed by atoms with Crippen molar-refractivity contribution in [3.63, 3.8) is 0 Å². The van der Waals surface area contributed by atoms with Gasteiger partial charge in [0.15, 0.2) is 11.6 Å². The van der Waals surface area contributed by atoms with Crippen molar-refractivity contribution in [3.8, 4) is 17.6 Å². The Kier molecular flexibility index (Phi) is 4.86. The number of pyridine rings is 2. The van der Waals surface area contributed by atoms with Crippen molar-refractivity contribution in [1.29, 1.82) is 5.26 Å². The number of hydrogen-bond acceptors (Lipinski definition) is 5. The van der Waals surface area contributed by atoms with Gasteiger partial charge >= 0.3 is 0 Å². The van der Waals surface area contributed by atoms with E-state index in [2.05, 4.69) is 15.3 Å². The molecule has 25 heavy (non-hydrogen) atoms. The van der Waals surface area contributed by atoms with Crippen molar-refractivity contribution in [2.45, 2.75) is 13.5 Å². The van der Waals surface area contributed by atoms with E-state index >= 15 is 0 Å². The minimum atomic E-state index is -0.460. The van der Waals surface area contributed by atoms with Gasteiger partial charge < -0.3 is 10.1 Å². The van der Waals surface area contributed by atoms with Crippen LogP contribution in [0.15, 0.2) is 54.9 Å². The Morgan fingerprint density at radius 2 is 2.12 bits per heavy atom. The van der Waals surface area contributed by atoms with Crippen molar-refractivity contribution in [2.24, 2.45) is 0 Å². The lowest BCUT2D eigenvalue weighted by atomic mass is 10.2. The van der Waals surface area contributed by atoms with E-state index in [1.807, 2.05) is 19.1 Å². The van der Waals surface area contributed by atoms with Gasteiger partial charge in [0.1, 0.15) is 23.3 Å². The van der Waals surface area contributed by atoms with Crippen molar-refractivity contribution < 1.29 is 9.13 Å². The Labute approximate surface area is 144 Å². The summed E-state index contributed by atoms with van der Waals surface area (Å²) in [6.07, 6.45) is 3.14. The normalized spacial score (nSPS) is 10.1. The Morgan fingerprint density at radius 3 is 2.84 bits per heavy atom. The highest BCUT2D eigenvalue weighted by Gasteiger charge is 2.07. The molecule has 0 bridgehead atoms. The molecule has 0 aliphatic heterocycles. The van der Waals surface area contributed by atoms with Gasteiger partial charge in [-0.2, -0.15) is 5.26 Å². The predicted molar refractivity (Wildman–Crippen MR) is 91.7 cm³/mol. The van der Waals surface area contributed by atoms with Crippen LogP contribution in [0.5, 0.6) is 11.5 Å². The van der Waals surface area contributed by atoms with Gasteiger partial charge in [0, 0.05) is 12.7 Å². The fourth-order valence-corrected chi connectivity index (χ4v) is 2.20. The van der Waals surface area contributed by atoms with Gasteiger partial charge in [0.05, 0.1) is 6.20 Å². The minimum absolute atomic E-state index is 0.136. The highest BCUT2D eigenvalue weighted by Crippen LogP contribution is 2.24. The predicted octanol–water partition coefficient (Wildman–Crippen LogP) is 4.20. The third-order valence-corrected chi connectivity index (χ3v) is 3.54. The molecule has 0 saturated carbocycles. The molecule has 6 heteroatoms. The van der Waals surface area contributed by atoms with Gasteiger partial charge in [0.2, 0.25) is 0 Å². The number of nitrogens with zero attached hydrogens (tertiary/aromatic N) is 3. The molecule has 0 aliphatic carbocycles. The van der Waals surface area contributed by atoms with E-state index in [0.29, 0.717) is 23.8 Å². The van der Waals surface area contributed by atoms with Gasteiger partial charge in [-0.1, -0.05) is 12.1 Å². The summed E-state index contributed by atoms with van der Waals surface area (Å²) in [5.41, 5.74) is 1.92. The Balaban J connectivity index is 1.68. The van der Waals surface area contributed by atoms with Crippen LogP contribution < -0.4 is 10.1 Å². The summed E-state index contributed by atoms with van der Waals surface area (Å²) in [5, 5.41) is 12.1. The summed E-state index contributed by atoms with van der Waals surface area (Å²) in [5.74, 6) is 0.716. The molecular formula is C19H15FN4O. The average Bonchev–Trinajstić information content (AvgIpc) is 2.64. The molecule has 2 heterocycles. The minimum Gasteiger partial charge on any atom is -0.453 e. The summed E-state index contributed by atoms with van der Waals surface area (Å²) in [7, 11) is 0. The monoisotopic (exact) mass is 334 g/mol.